The number of hydrogen-bond donors (Lipinski definition) is 3. The number of nitrogens with two attached hydrogens (primary N) is 1. The molecule has 11 nitrogen and oxygen atoms in total. The van der Waals surface area contributed by atoms with E-state index in [0.717, 1.165) is 0 Å². The minimum Gasteiger partial charge on any atom is -0.465 e. The van der Waals surface area contributed by atoms with Gasteiger partial charge in [-0.3, -0.25) is 19.4 Å². The molecule has 0 radical (unpaired) electrons. The van der Waals surface area contributed by atoms with Crippen molar-refractivity contribution in [3.63, 3.8) is 0 Å². The van der Waals surface area contributed by atoms with Crippen molar-refractivity contribution in [3.05, 3.63) is 16.7 Å². The molecule has 0 fully saturated rings. The number of aromatic nitrogens is 4. The molecule has 142 valence electrons. The first kappa shape index (κ1) is 19.4. The number of imidazole rings is 1. The second-order valence-electron chi connectivity index (χ2n) is 6.03. The maximum absolute atomic E-state index is 11.8. The van der Waals surface area contributed by atoms with E-state index in [1.165, 1.54) is 20.2 Å². The number of aromatic amines is 1. The van der Waals surface area contributed by atoms with Crippen molar-refractivity contribution in [3.8, 4) is 0 Å². The van der Waals surface area contributed by atoms with Crippen LogP contribution in [0.3, 0.4) is 0 Å². The first-order chi connectivity index (χ1) is 12.3. The Balaban J connectivity index is 2.23. The zero-order chi connectivity index (χ0) is 19.3. The number of nitrogens with one attached hydrogen (secondary N) is 1. The van der Waals surface area contributed by atoms with Gasteiger partial charge in [0.25, 0.3) is 5.56 Å². The van der Waals surface area contributed by atoms with Crippen LogP contribution in [-0.4, -0.2) is 56.4 Å². The number of carbonyl (C=O) groups is 2. The number of nitrogen functional groups attached to an aromatic ring is 1. The highest BCUT2D eigenvalue weighted by Gasteiger charge is 2.33. The van der Waals surface area contributed by atoms with E-state index >= 15 is 0 Å². The summed E-state index contributed by atoms with van der Waals surface area (Å²) in [5.41, 5.74) is 4.53. The van der Waals surface area contributed by atoms with Crippen molar-refractivity contribution in [1.29, 1.82) is 0 Å². The zero-order valence-electron chi connectivity index (χ0n) is 14.5. The number of nitrogens with zero attached hydrogens (tertiary/aromatic N) is 3. The number of anilines is 1. The van der Waals surface area contributed by atoms with Gasteiger partial charge in [0.15, 0.2) is 11.2 Å². The maximum atomic E-state index is 11.8. The standard InChI is InChI=1S/C15H21N5O6/c1-9(22)25-6-15(5-21,7-26-10(2)23)3-4-20-8-17-11-12(20)18-14(16)19-13(11)24/h8,21H,3-7H2,1-2H3,(H3,16,18,19,24). The topological polar surface area (TPSA) is 162 Å². The quantitative estimate of drug-likeness (QED) is 0.507. The van der Waals surface area contributed by atoms with Gasteiger partial charge in [0, 0.05) is 20.4 Å². The Morgan fingerprint density at radius 1 is 1.31 bits per heavy atom. The monoisotopic (exact) mass is 367 g/mol. The molecule has 0 spiro atoms. The second kappa shape index (κ2) is 7.95. The Bertz CT molecular complexity index is 840. The third-order valence-corrected chi connectivity index (χ3v) is 3.87. The lowest BCUT2D eigenvalue weighted by atomic mass is 9.87. The molecule has 0 aliphatic heterocycles. The van der Waals surface area contributed by atoms with Crippen molar-refractivity contribution in [2.75, 3.05) is 25.6 Å². The Morgan fingerprint density at radius 3 is 2.46 bits per heavy atom. The van der Waals surface area contributed by atoms with Crippen molar-refractivity contribution >= 4 is 29.1 Å². The van der Waals surface area contributed by atoms with Crippen molar-refractivity contribution < 1.29 is 24.2 Å². The molecule has 2 aromatic heterocycles. The molecule has 4 N–H and O–H groups in total. The molecule has 2 rings (SSSR count). The normalized spacial score (nSPS) is 11.5. The third-order valence-electron chi connectivity index (χ3n) is 3.87. The number of fused-ring (bicyclic) bond motifs is 1. The predicted molar refractivity (Wildman–Crippen MR) is 90.0 cm³/mol. The maximum Gasteiger partial charge on any atom is 0.302 e. The molecule has 0 atom stereocenters. The van der Waals surface area contributed by atoms with Gasteiger partial charge in [0.1, 0.15) is 13.2 Å². The Kier molecular flexibility index (Phi) is 5.93. The van der Waals surface area contributed by atoms with E-state index in [4.69, 9.17) is 15.2 Å². The molecule has 0 saturated carbocycles. The molecule has 0 saturated heterocycles. The fraction of sp³-hybridized carbons (Fsp3) is 0.533. The van der Waals surface area contributed by atoms with Gasteiger partial charge in [-0.2, -0.15) is 4.98 Å². The van der Waals surface area contributed by atoms with E-state index < -0.39 is 22.9 Å². The number of aliphatic hydroxyl groups excluding tert-OH is 1. The Hall–Kier alpha value is -2.95. The first-order valence-corrected chi connectivity index (χ1v) is 7.84. The molecule has 0 aromatic carbocycles. The van der Waals surface area contributed by atoms with E-state index in [1.807, 2.05) is 0 Å². The number of aliphatic hydroxyl groups is 1. The molecular weight excluding hydrogens is 346 g/mol. The Morgan fingerprint density at radius 2 is 1.92 bits per heavy atom. The van der Waals surface area contributed by atoms with Gasteiger partial charge >= 0.3 is 11.9 Å². The highest BCUT2D eigenvalue weighted by molar-refractivity contribution is 5.70. The predicted octanol–water partition coefficient (Wildman–Crippen LogP) is -0.803. The average molecular weight is 367 g/mol. The summed E-state index contributed by atoms with van der Waals surface area (Å²) >= 11 is 0. The number of H-pyrrole nitrogens is 1. The van der Waals surface area contributed by atoms with Crippen LogP contribution in [0.4, 0.5) is 5.95 Å². The van der Waals surface area contributed by atoms with Gasteiger partial charge in [-0.15, -0.1) is 0 Å². The minimum absolute atomic E-state index is 0.0440. The summed E-state index contributed by atoms with van der Waals surface area (Å²) in [5, 5.41) is 9.83. The van der Waals surface area contributed by atoms with Crippen LogP contribution < -0.4 is 11.3 Å². The van der Waals surface area contributed by atoms with Gasteiger partial charge < -0.3 is 24.9 Å². The summed E-state index contributed by atoms with van der Waals surface area (Å²) in [6.07, 6.45) is 1.69. The van der Waals surface area contributed by atoms with Crippen LogP contribution in [0.2, 0.25) is 0 Å². The van der Waals surface area contributed by atoms with Gasteiger partial charge in [-0.25, -0.2) is 4.98 Å². The minimum atomic E-state index is -0.999. The SMILES string of the molecule is CC(=O)OCC(CO)(CCn1cnc2c(=O)[nH]c(N)nc21)COC(C)=O. The van der Waals surface area contributed by atoms with Crippen LogP contribution in [0.5, 0.6) is 0 Å². The van der Waals surface area contributed by atoms with Crippen LogP contribution in [-0.2, 0) is 25.6 Å². The lowest BCUT2D eigenvalue weighted by Gasteiger charge is -2.30. The number of rotatable bonds is 8. The van der Waals surface area contributed by atoms with E-state index in [0.29, 0.717) is 0 Å². The zero-order valence-corrected chi connectivity index (χ0v) is 14.5. The van der Waals surface area contributed by atoms with Crippen molar-refractivity contribution in [2.45, 2.75) is 26.8 Å². The van der Waals surface area contributed by atoms with Gasteiger partial charge in [-0.1, -0.05) is 0 Å². The third kappa shape index (κ3) is 4.57. The number of esters is 2. The molecule has 0 aliphatic rings. The molecule has 0 amide bonds. The summed E-state index contributed by atoms with van der Waals surface area (Å²) in [4.78, 5) is 44.5. The van der Waals surface area contributed by atoms with E-state index in [9.17, 15) is 19.5 Å². The molecular formula is C15H21N5O6. The number of hydrogen-bond acceptors (Lipinski definition) is 9. The highest BCUT2D eigenvalue weighted by atomic mass is 16.5. The molecule has 2 aromatic rings. The summed E-state index contributed by atoms with van der Waals surface area (Å²) in [7, 11) is 0. The van der Waals surface area contributed by atoms with Crippen LogP contribution in [0.1, 0.15) is 20.3 Å². The van der Waals surface area contributed by atoms with E-state index in [-0.39, 0.29) is 49.9 Å². The second-order valence-corrected chi connectivity index (χ2v) is 6.03. The van der Waals surface area contributed by atoms with Gasteiger partial charge in [0.05, 0.1) is 18.3 Å². The smallest absolute Gasteiger partial charge is 0.302 e. The van der Waals surface area contributed by atoms with Crippen molar-refractivity contribution in [1.82, 2.24) is 19.5 Å². The van der Waals surface area contributed by atoms with E-state index in [1.54, 1.807) is 4.57 Å². The largest absolute Gasteiger partial charge is 0.465 e. The summed E-state index contributed by atoms with van der Waals surface area (Å²) in [6, 6.07) is 0. The van der Waals surface area contributed by atoms with Crippen LogP contribution >= 0.6 is 0 Å². The lowest BCUT2D eigenvalue weighted by Crippen LogP contribution is -2.38. The summed E-state index contributed by atoms with van der Waals surface area (Å²) in [5.74, 6) is -1.07. The summed E-state index contributed by atoms with van der Waals surface area (Å²) < 4.78 is 11.6. The van der Waals surface area contributed by atoms with Crippen molar-refractivity contribution in [2.24, 2.45) is 5.41 Å². The fourth-order valence-corrected chi connectivity index (χ4v) is 2.36. The number of carbonyl (C=O) groups excluding carboxylic acids is 2. The number of aryl methyl sites for hydroxylation is 1. The molecule has 0 bridgehead atoms. The van der Waals surface area contributed by atoms with Gasteiger partial charge in [0.2, 0.25) is 5.95 Å². The number of ether oxygens (including phenoxy) is 2. The molecule has 2 heterocycles. The molecule has 0 aliphatic carbocycles. The molecule has 26 heavy (non-hydrogen) atoms. The summed E-state index contributed by atoms with van der Waals surface area (Å²) in [6.45, 7) is 2.13. The van der Waals surface area contributed by atoms with Gasteiger partial charge in [-0.05, 0) is 6.42 Å². The van der Waals surface area contributed by atoms with Crippen LogP contribution in [0.25, 0.3) is 11.2 Å². The average Bonchev–Trinajstić information content (AvgIpc) is 2.97. The first-order valence-electron chi connectivity index (χ1n) is 7.84. The van der Waals surface area contributed by atoms with Crippen LogP contribution in [0.15, 0.2) is 11.1 Å². The lowest BCUT2D eigenvalue weighted by molar-refractivity contribution is -0.154. The Labute approximate surface area is 148 Å². The molecule has 11 heteroatoms. The van der Waals surface area contributed by atoms with E-state index in [2.05, 4.69) is 15.0 Å². The highest BCUT2D eigenvalue weighted by Crippen LogP contribution is 2.25. The molecule has 0 unspecified atom stereocenters. The van der Waals surface area contributed by atoms with Crippen LogP contribution in [0, 0.1) is 5.41 Å². The fourth-order valence-electron chi connectivity index (χ4n) is 2.36.